The van der Waals surface area contributed by atoms with E-state index in [1.54, 1.807) is 18.2 Å². The van der Waals surface area contributed by atoms with E-state index in [-0.39, 0.29) is 28.3 Å². The second-order valence-electron chi connectivity index (χ2n) is 8.98. The summed E-state index contributed by atoms with van der Waals surface area (Å²) in [4.78, 5) is 19.8. The number of methoxy groups -OCH3 is 2. The molecule has 1 spiro atoms. The van der Waals surface area contributed by atoms with Crippen molar-refractivity contribution in [2.45, 2.75) is 37.6 Å². The van der Waals surface area contributed by atoms with Gasteiger partial charge in [0.1, 0.15) is 5.60 Å². The van der Waals surface area contributed by atoms with E-state index >= 15 is 0 Å². The number of nitrogens with one attached hydrogen (secondary N) is 2. The number of carbonyl (C=O) groups is 1. The molecule has 2 heterocycles. The van der Waals surface area contributed by atoms with Gasteiger partial charge in [-0.15, -0.1) is 0 Å². The van der Waals surface area contributed by atoms with E-state index in [1.165, 1.54) is 26.4 Å². The molecule has 14 heteroatoms. The molecule has 1 fully saturated rings. The Balaban J connectivity index is 1.24. The molecule has 0 unspecified atom stereocenters. The van der Waals surface area contributed by atoms with Crippen molar-refractivity contribution in [2.24, 2.45) is 5.16 Å². The largest absolute Gasteiger partial charge is 0.493 e. The summed E-state index contributed by atoms with van der Waals surface area (Å²) >= 11 is 11.1. The van der Waals surface area contributed by atoms with Crippen LogP contribution in [0.15, 0.2) is 41.6 Å². The second kappa shape index (κ2) is 11.7. The molecule has 0 aliphatic carbocycles. The summed E-state index contributed by atoms with van der Waals surface area (Å²) < 4.78 is 55.2. The van der Waals surface area contributed by atoms with Crippen LogP contribution in [0, 0.1) is 0 Å². The maximum Gasteiger partial charge on any atom is 0.417 e. The van der Waals surface area contributed by atoms with Gasteiger partial charge in [0.2, 0.25) is 5.90 Å². The van der Waals surface area contributed by atoms with E-state index < -0.39 is 23.4 Å². The number of carbonyl (C=O) groups excluding carboxylic acids is 1. The minimum atomic E-state index is -4.58. The number of hydrogen-bond acceptors (Lipinski definition) is 7. The van der Waals surface area contributed by atoms with Gasteiger partial charge in [0.15, 0.2) is 16.6 Å². The molecule has 2 N–H and O–H groups in total. The highest BCUT2D eigenvalue weighted by Crippen LogP contribution is 2.37. The van der Waals surface area contributed by atoms with Crippen molar-refractivity contribution in [2.75, 3.05) is 32.6 Å². The Labute approximate surface area is 233 Å². The molecule has 2 aromatic carbocycles. The Hall–Kier alpha value is -3.45. The van der Waals surface area contributed by atoms with E-state index in [4.69, 9.17) is 42.9 Å². The van der Waals surface area contributed by atoms with Crippen molar-refractivity contribution >= 4 is 46.6 Å². The molecule has 210 valence electrons. The highest BCUT2D eigenvalue weighted by atomic mass is 35.5. The lowest BCUT2D eigenvalue weighted by Crippen LogP contribution is -2.48. The monoisotopic (exact) mass is 586 g/mol. The molecule has 1 amide bonds. The molecular weight excluding hydrogens is 561 g/mol. The highest BCUT2D eigenvalue weighted by molar-refractivity contribution is 7.80. The minimum absolute atomic E-state index is 0.162. The predicted molar refractivity (Wildman–Crippen MR) is 142 cm³/mol. The first kappa shape index (κ1) is 28.6. The van der Waals surface area contributed by atoms with Crippen LogP contribution in [0.2, 0.25) is 5.02 Å². The molecule has 2 aliphatic rings. The van der Waals surface area contributed by atoms with Gasteiger partial charge in [0.25, 0.3) is 0 Å². The normalized spacial score (nSPS) is 16.3. The fraction of sp³-hybridized carbons (Fsp3) is 0.400. The smallest absolute Gasteiger partial charge is 0.417 e. The number of oxime groups is 1. The van der Waals surface area contributed by atoms with Crippen molar-refractivity contribution in [3.8, 4) is 11.5 Å². The molecule has 2 aromatic rings. The van der Waals surface area contributed by atoms with Crippen LogP contribution in [0.1, 0.15) is 30.4 Å². The number of ether oxygens (including phenoxy) is 3. The van der Waals surface area contributed by atoms with Crippen LogP contribution >= 0.6 is 23.8 Å². The van der Waals surface area contributed by atoms with E-state index in [0.29, 0.717) is 43.9 Å². The lowest BCUT2D eigenvalue weighted by molar-refractivity contribution is -0.137. The van der Waals surface area contributed by atoms with Gasteiger partial charge in [-0.05, 0) is 48.1 Å². The third-order valence-corrected chi connectivity index (χ3v) is 7.08. The Kier molecular flexibility index (Phi) is 8.60. The number of alkyl carbamates (subject to hydrolysis) is 1. The molecular formula is C25H26ClF3N4O5S. The van der Waals surface area contributed by atoms with Crippen molar-refractivity contribution in [1.82, 2.24) is 10.2 Å². The van der Waals surface area contributed by atoms with Crippen molar-refractivity contribution in [3.05, 3.63) is 52.5 Å². The first-order chi connectivity index (χ1) is 18.5. The Morgan fingerprint density at radius 2 is 1.87 bits per heavy atom. The first-order valence-corrected chi connectivity index (χ1v) is 12.6. The Morgan fingerprint density at radius 3 is 2.54 bits per heavy atom. The molecule has 0 saturated carbocycles. The molecule has 0 atom stereocenters. The van der Waals surface area contributed by atoms with Gasteiger partial charge in [0.05, 0.1) is 31.2 Å². The quantitative estimate of drug-likeness (QED) is 0.440. The number of hydrogen-bond donors (Lipinski definition) is 2. The van der Waals surface area contributed by atoms with E-state index in [9.17, 15) is 18.0 Å². The van der Waals surface area contributed by atoms with Crippen LogP contribution in [0.4, 0.5) is 23.7 Å². The summed E-state index contributed by atoms with van der Waals surface area (Å²) in [6.45, 7) is 1.15. The first-order valence-electron chi connectivity index (χ1n) is 11.9. The molecule has 0 aromatic heterocycles. The van der Waals surface area contributed by atoms with Gasteiger partial charge in [-0.1, -0.05) is 22.8 Å². The van der Waals surface area contributed by atoms with Crippen LogP contribution in [0.3, 0.4) is 0 Å². The van der Waals surface area contributed by atoms with Crippen LogP contribution in [-0.2, 0) is 22.3 Å². The number of rotatable bonds is 5. The summed E-state index contributed by atoms with van der Waals surface area (Å²) in [6, 6.07) is 8.82. The fourth-order valence-electron chi connectivity index (χ4n) is 4.26. The number of benzene rings is 2. The van der Waals surface area contributed by atoms with E-state index in [1.807, 2.05) is 4.90 Å². The number of anilines is 1. The van der Waals surface area contributed by atoms with Crippen molar-refractivity contribution in [1.29, 1.82) is 0 Å². The average molecular weight is 587 g/mol. The Morgan fingerprint density at radius 1 is 1.15 bits per heavy atom. The maximum absolute atomic E-state index is 13.2. The van der Waals surface area contributed by atoms with Crippen LogP contribution in [0.25, 0.3) is 0 Å². The average Bonchev–Trinajstić information content (AvgIpc) is 3.29. The van der Waals surface area contributed by atoms with Crippen molar-refractivity contribution in [3.63, 3.8) is 0 Å². The summed E-state index contributed by atoms with van der Waals surface area (Å²) in [5, 5.41) is 9.35. The number of alkyl halides is 3. The summed E-state index contributed by atoms with van der Waals surface area (Å²) in [7, 11) is 3.06. The summed E-state index contributed by atoms with van der Waals surface area (Å²) in [5.41, 5.74) is -0.608. The molecule has 2 aliphatic heterocycles. The lowest BCUT2D eigenvalue weighted by Gasteiger charge is -2.38. The third-order valence-electron chi connectivity index (χ3n) is 6.39. The van der Waals surface area contributed by atoms with Crippen LogP contribution < -0.4 is 20.1 Å². The zero-order valence-corrected chi connectivity index (χ0v) is 22.6. The van der Waals surface area contributed by atoms with Gasteiger partial charge in [-0.2, -0.15) is 13.2 Å². The molecule has 39 heavy (non-hydrogen) atoms. The fourth-order valence-corrected chi connectivity index (χ4v) is 4.78. The van der Waals surface area contributed by atoms with E-state index in [2.05, 4.69) is 15.8 Å². The van der Waals surface area contributed by atoms with Crippen LogP contribution in [0.5, 0.6) is 11.5 Å². The molecule has 1 saturated heterocycles. The topological polar surface area (TPSA) is 93.7 Å². The highest BCUT2D eigenvalue weighted by Gasteiger charge is 2.44. The van der Waals surface area contributed by atoms with Gasteiger partial charge < -0.3 is 34.6 Å². The van der Waals surface area contributed by atoms with Gasteiger partial charge in [-0.3, -0.25) is 0 Å². The second-order valence-corrected chi connectivity index (χ2v) is 9.77. The molecule has 0 radical (unpaired) electrons. The maximum atomic E-state index is 13.2. The van der Waals surface area contributed by atoms with Gasteiger partial charge in [0, 0.05) is 38.2 Å². The SMILES string of the molecule is COc1ccc(CNC(=O)OC2=NOC3(CCN(C(=S)Nc4ccc(Cl)c(C(F)(F)F)c4)CC3)C2)cc1OC. The number of likely N-dealkylation sites (tertiary alicyclic amines) is 1. The number of thiocarbonyl (C=S) groups is 1. The number of amides is 1. The zero-order chi connectivity index (χ0) is 28.2. The lowest BCUT2D eigenvalue weighted by atomic mass is 9.88. The predicted octanol–water partition coefficient (Wildman–Crippen LogP) is 5.57. The van der Waals surface area contributed by atoms with Gasteiger partial charge in [-0.25, -0.2) is 4.79 Å². The summed E-state index contributed by atoms with van der Waals surface area (Å²) in [5.74, 6) is 1.28. The molecule has 9 nitrogen and oxygen atoms in total. The molecule has 0 bridgehead atoms. The van der Waals surface area contributed by atoms with Gasteiger partial charge >= 0.3 is 12.3 Å². The summed E-state index contributed by atoms with van der Waals surface area (Å²) in [6.07, 6.45) is -3.90. The number of nitrogens with zero attached hydrogens (tertiary/aromatic N) is 2. The van der Waals surface area contributed by atoms with Crippen LogP contribution in [-0.4, -0.2) is 54.9 Å². The number of halogens is 4. The molecule has 4 rings (SSSR count). The third kappa shape index (κ3) is 6.95. The standard InChI is InChI=1S/C25H26ClF3N4O5S/c1-35-19-6-3-15(11-20(19)36-2)14-30-23(34)37-21-13-24(38-32-21)7-9-33(10-8-24)22(39)31-16-4-5-18(26)17(12-16)25(27,28)29/h3-6,11-12H,7-10,13-14H2,1-2H3,(H,30,34)(H,31,39). The Bertz CT molecular complexity index is 1270. The number of piperidine rings is 1. The zero-order valence-electron chi connectivity index (χ0n) is 21.1. The minimum Gasteiger partial charge on any atom is -0.493 e. The van der Waals surface area contributed by atoms with E-state index in [0.717, 1.165) is 11.6 Å². The van der Waals surface area contributed by atoms with Crippen molar-refractivity contribution < 1.29 is 37.0 Å².